The second-order valence-electron chi connectivity index (χ2n) is 4.89. The third-order valence-corrected chi connectivity index (χ3v) is 3.54. The molecule has 0 aliphatic heterocycles. The van der Waals surface area contributed by atoms with E-state index in [9.17, 15) is 4.79 Å². The Kier molecular flexibility index (Phi) is 6.65. The number of nitrogens with zero attached hydrogens (tertiary/aromatic N) is 1. The zero-order valence-electron chi connectivity index (χ0n) is 14.2. The SMILES string of the molecule is CCOc1ccc(C(=O)N/N=C/c2cc(Cl)c(OC)c(OC)c2)cc1. The van der Waals surface area contributed by atoms with Crippen LogP contribution >= 0.6 is 11.6 Å². The van der Waals surface area contributed by atoms with Crippen molar-refractivity contribution in [1.82, 2.24) is 5.43 Å². The Balaban J connectivity index is 2.05. The number of hydrogen-bond donors (Lipinski definition) is 1. The highest BCUT2D eigenvalue weighted by Gasteiger charge is 2.10. The van der Waals surface area contributed by atoms with Crippen LogP contribution in [0.4, 0.5) is 0 Å². The summed E-state index contributed by atoms with van der Waals surface area (Å²) in [7, 11) is 3.03. The summed E-state index contributed by atoms with van der Waals surface area (Å²) < 4.78 is 15.7. The van der Waals surface area contributed by atoms with E-state index in [0.29, 0.717) is 40.0 Å². The molecule has 7 heteroatoms. The minimum absolute atomic E-state index is 0.328. The molecule has 0 aliphatic carbocycles. The highest BCUT2D eigenvalue weighted by molar-refractivity contribution is 6.32. The van der Waals surface area contributed by atoms with Gasteiger partial charge in [-0.3, -0.25) is 4.79 Å². The Bertz CT molecular complexity index is 760. The third kappa shape index (κ3) is 4.87. The molecule has 6 nitrogen and oxygen atoms in total. The first kappa shape index (κ1) is 18.6. The van der Waals surface area contributed by atoms with Crippen LogP contribution in [0.25, 0.3) is 0 Å². The summed E-state index contributed by atoms with van der Waals surface area (Å²) in [5.74, 6) is 1.31. The number of methoxy groups -OCH3 is 2. The summed E-state index contributed by atoms with van der Waals surface area (Å²) in [6.45, 7) is 2.47. The molecule has 25 heavy (non-hydrogen) atoms. The number of benzene rings is 2. The van der Waals surface area contributed by atoms with E-state index < -0.39 is 0 Å². The van der Waals surface area contributed by atoms with Gasteiger partial charge in [0.25, 0.3) is 5.91 Å². The number of ether oxygens (including phenoxy) is 3. The molecule has 2 rings (SSSR count). The molecule has 1 amide bonds. The zero-order chi connectivity index (χ0) is 18.2. The van der Waals surface area contributed by atoms with Crippen molar-refractivity contribution in [3.8, 4) is 17.2 Å². The van der Waals surface area contributed by atoms with Gasteiger partial charge in [0.1, 0.15) is 5.75 Å². The Morgan fingerprint density at radius 2 is 1.92 bits per heavy atom. The van der Waals surface area contributed by atoms with Crippen molar-refractivity contribution in [2.24, 2.45) is 5.10 Å². The molecule has 1 N–H and O–H groups in total. The molecule has 0 heterocycles. The fourth-order valence-electron chi connectivity index (χ4n) is 2.11. The van der Waals surface area contributed by atoms with Crippen LogP contribution in [0.2, 0.25) is 5.02 Å². The Hall–Kier alpha value is -2.73. The largest absolute Gasteiger partial charge is 0.494 e. The topological polar surface area (TPSA) is 69.2 Å². The van der Waals surface area contributed by atoms with E-state index in [4.69, 9.17) is 25.8 Å². The molecule has 132 valence electrons. The zero-order valence-corrected chi connectivity index (χ0v) is 15.0. The lowest BCUT2D eigenvalue weighted by atomic mass is 10.2. The van der Waals surface area contributed by atoms with Gasteiger partial charge in [-0.15, -0.1) is 0 Å². The van der Waals surface area contributed by atoms with Crippen LogP contribution in [0.3, 0.4) is 0 Å². The van der Waals surface area contributed by atoms with Gasteiger partial charge in [-0.1, -0.05) is 11.6 Å². The standard InChI is InChI=1S/C18H19ClN2O4/c1-4-25-14-7-5-13(6-8-14)18(22)21-20-11-12-9-15(19)17(24-3)16(10-12)23-2/h5-11H,4H2,1-3H3,(H,21,22)/b20-11+. The summed E-state index contributed by atoms with van der Waals surface area (Å²) in [6.07, 6.45) is 1.47. The van der Waals surface area contributed by atoms with Crippen molar-refractivity contribution in [2.45, 2.75) is 6.92 Å². The molecular weight excluding hydrogens is 344 g/mol. The van der Waals surface area contributed by atoms with Crippen molar-refractivity contribution in [1.29, 1.82) is 0 Å². The van der Waals surface area contributed by atoms with Gasteiger partial charge in [0.05, 0.1) is 32.1 Å². The summed E-state index contributed by atoms with van der Waals surface area (Å²) in [6, 6.07) is 10.2. The molecule has 0 atom stereocenters. The quantitative estimate of drug-likeness (QED) is 0.604. The third-order valence-electron chi connectivity index (χ3n) is 3.26. The number of hydrogen-bond acceptors (Lipinski definition) is 5. The Morgan fingerprint density at radius 1 is 1.20 bits per heavy atom. The van der Waals surface area contributed by atoms with E-state index >= 15 is 0 Å². The average Bonchev–Trinajstić information content (AvgIpc) is 2.62. The maximum atomic E-state index is 12.1. The van der Waals surface area contributed by atoms with Gasteiger partial charge in [0.15, 0.2) is 11.5 Å². The predicted molar refractivity (Wildman–Crippen MR) is 97.2 cm³/mol. The normalized spacial score (nSPS) is 10.6. The Labute approximate surface area is 151 Å². The maximum Gasteiger partial charge on any atom is 0.271 e. The van der Waals surface area contributed by atoms with Crippen molar-refractivity contribution < 1.29 is 19.0 Å². The summed E-state index contributed by atoms with van der Waals surface area (Å²) >= 11 is 6.13. The molecule has 0 unspecified atom stereocenters. The summed E-state index contributed by atoms with van der Waals surface area (Å²) in [5, 5.41) is 4.33. The second-order valence-corrected chi connectivity index (χ2v) is 5.30. The van der Waals surface area contributed by atoms with Crippen molar-refractivity contribution in [2.75, 3.05) is 20.8 Å². The van der Waals surface area contributed by atoms with Gasteiger partial charge in [0.2, 0.25) is 0 Å². The van der Waals surface area contributed by atoms with Gasteiger partial charge in [-0.2, -0.15) is 5.10 Å². The van der Waals surface area contributed by atoms with Crippen molar-refractivity contribution in [3.05, 3.63) is 52.5 Å². The molecule has 0 saturated carbocycles. The molecule has 0 spiro atoms. The van der Waals surface area contributed by atoms with Crippen LogP contribution in [-0.2, 0) is 0 Å². The lowest BCUT2D eigenvalue weighted by molar-refractivity contribution is 0.0955. The molecule has 0 fully saturated rings. The van der Waals surface area contributed by atoms with Gasteiger partial charge in [-0.25, -0.2) is 5.43 Å². The number of amides is 1. The fraction of sp³-hybridized carbons (Fsp3) is 0.222. The van der Waals surface area contributed by atoms with Gasteiger partial charge >= 0.3 is 0 Å². The maximum absolute atomic E-state index is 12.1. The van der Waals surface area contributed by atoms with Crippen LogP contribution in [0.5, 0.6) is 17.2 Å². The second kappa shape index (κ2) is 8.94. The first-order valence-corrected chi connectivity index (χ1v) is 7.94. The fourth-order valence-corrected chi connectivity index (χ4v) is 2.41. The minimum Gasteiger partial charge on any atom is -0.494 e. The monoisotopic (exact) mass is 362 g/mol. The van der Waals surface area contributed by atoms with E-state index in [1.54, 1.807) is 36.4 Å². The Morgan fingerprint density at radius 3 is 2.52 bits per heavy atom. The van der Waals surface area contributed by atoms with E-state index in [1.807, 2.05) is 6.92 Å². The highest BCUT2D eigenvalue weighted by atomic mass is 35.5. The molecule has 2 aromatic carbocycles. The predicted octanol–water partition coefficient (Wildman–Crippen LogP) is 3.52. The average molecular weight is 363 g/mol. The summed E-state index contributed by atoms with van der Waals surface area (Å²) in [5.41, 5.74) is 3.60. The van der Waals surface area contributed by atoms with Gasteiger partial charge in [-0.05, 0) is 48.9 Å². The summed E-state index contributed by atoms with van der Waals surface area (Å²) in [4.78, 5) is 12.1. The molecule has 0 radical (unpaired) electrons. The number of nitrogens with one attached hydrogen (secondary N) is 1. The van der Waals surface area contributed by atoms with E-state index in [2.05, 4.69) is 10.5 Å². The number of carbonyl (C=O) groups is 1. The number of carbonyl (C=O) groups excluding carboxylic acids is 1. The molecule has 0 aromatic heterocycles. The molecular formula is C18H19ClN2O4. The molecule has 0 aliphatic rings. The van der Waals surface area contributed by atoms with Crippen LogP contribution in [0.1, 0.15) is 22.8 Å². The lowest BCUT2D eigenvalue weighted by Gasteiger charge is -2.09. The molecule has 0 saturated heterocycles. The number of halogens is 1. The smallest absolute Gasteiger partial charge is 0.271 e. The highest BCUT2D eigenvalue weighted by Crippen LogP contribution is 2.35. The van der Waals surface area contributed by atoms with E-state index in [-0.39, 0.29) is 5.91 Å². The van der Waals surface area contributed by atoms with Crippen LogP contribution in [0.15, 0.2) is 41.5 Å². The van der Waals surface area contributed by atoms with Crippen LogP contribution in [-0.4, -0.2) is 32.9 Å². The van der Waals surface area contributed by atoms with Gasteiger partial charge < -0.3 is 14.2 Å². The van der Waals surface area contributed by atoms with Crippen LogP contribution < -0.4 is 19.6 Å². The number of hydrazone groups is 1. The molecule has 0 bridgehead atoms. The van der Waals surface area contributed by atoms with Gasteiger partial charge in [0, 0.05) is 5.56 Å². The minimum atomic E-state index is -0.328. The lowest BCUT2D eigenvalue weighted by Crippen LogP contribution is -2.17. The first-order valence-electron chi connectivity index (χ1n) is 7.56. The van der Waals surface area contributed by atoms with Crippen LogP contribution in [0, 0.1) is 0 Å². The first-order chi connectivity index (χ1) is 12.1. The van der Waals surface area contributed by atoms with E-state index in [0.717, 1.165) is 0 Å². The molecule has 2 aromatic rings. The van der Waals surface area contributed by atoms with E-state index in [1.165, 1.54) is 20.4 Å². The van der Waals surface area contributed by atoms with Crippen molar-refractivity contribution in [3.63, 3.8) is 0 Å². The van der Waals surface area contributed by atoms with Crippen molar-refractivity contribution >= 4 is 23.7 Å². The number of rotatable bonds is 7.